The van der Waals surface area contributed by atoms with E-state index in [9.17, 15) is 4.39 Å². The quantitative estimate of drug-likeness (QED) is 0.871. The number of halogens is 1. The minimum absolute atomic E-state index is 0.0737. The Morgan fingerprint density at radius 3 is 2.79 bits per heavy atom. The number of thiophene rings is 1. The Hall–Kier alpha value is -1.19. The van der Waals surface area contributed by atoms with Crippen molar-refractivity contribution in [3.8, 4) is 0 Å². The summed E-state index contributed by atoms with van der Waals surface area (Å²) in [5.41, 5.74) is 2.20. The number of hydrogen-bond acceptors (Lipinski definition) is 2. The highest BCUT2D eigenvalue weighted by atomic mass is 32.1. The van der Waals surface area contributed by atoms with E-state index < -0.39 is 0 Å². The normalized spacial score (nSPS) is 23.5. The molecule has 100 valence electrons. The lowest BCUT2D eigenvalue weighted by molar-refractivity contribution is 0.397. The van der Waals surface area contributed by atoms with Crippen molar-refractivity contribution in [2.24, 2.45) is 0 Å². The maximum atomic E-state index is 14.1. The lowest BCUT2D eigenvalue weighted by Crippen LogP contribution is -2.34. The molecular weight excluding hydrogens is 257 g/mol. The second-order valence-corrected chi connectivity index (χ2v) is 6.14. The zero-order chi connectivity index (χ0) is 13.2. The molecule has 0 amide bonds. The van der Waals surface area contributed by atoms with E-state index in [-0.39, 0.29) is 11.7 Å². The molecule has 19 heavy (non-hydrogen) atoms. The third-order valence-electron chi connectivity index (χ3n) is 4.03. The summed E-state index contributed by atoms with van der Waals surface area (Å²) >= 11 is 1.81. The van der Waals surface area contributed by atoms with E-state index in [2.05, 4.69) is 23.7 Å². The molecule has 2 aromatic rings. The summed E-state index contributed by atoms with van der Waals surface area (Å²) in [6, 6.07) is 9.37. The van der Waals surface area contributed by atoms with Gasteiger partial charge in [-0.25, -0.2) is 4.39 Å². The highest BCUT2D eigenvalue weighted by Crippen LogP contribution is 2.41. The fourth-order valence-electron chi connectivity index (χ4n) is 3.04. The first-order valence-corrected chi connectivity index (χ1v) is 7.64. The van der Waals surface area contributed by atoms with Crippen LogP contribution in [0.25, 0.3) is 0 Å². The lowest BCUT2D eigenvalue weighted by atomic mass is 9.79. The van der Waals surface area contributed by atoms with Crippen molar-refractivity contribution in [1.82, 2.24) is 5.32 Å². The first-order chi connectivity index (χ1) is 9.27. The Morgan fingerprint density at radius 2 is 2.05 bits per heavy atom. The van der Waals surface area contributed by atoms with Crippen molar-refractivity contribution in [3.63, 3.8) is 0 Å². The molecule has 0 bridgehead atoms. The van der Waals surface area contributed by atoms with Crippen molar-refractivity contribution in [3.05, 3.63) is 57.5 Å². The van der Waals surface area contributed by atoms with Gasteiger partial charge in [0.05, 0.1) is 0 Å². The molecule has 3 rings (SSSR count). The molecule has 3 heteroatoms. The molecular formula is C16H18FNS. The fourth-order valence-corrected chi connectivity index (χ4v) is 4.17. The van der Waals surface area contributed by atoms with E-state index >= 15 is 0 Å². The van der Waals surface area contributed by atoms with Gasteiger partial charge in [0.2, 0.25) is 0 Å². The van der Waals surface area contributed by atoms with Crippen LogP contribution in [0.2, 0.25) is 0 Å². The number of aryl methyl sites for hydroxylation is 1. The Morgan fingerprint density at radius 1 is 1.21 bits per heavy atom. The molecule has 1 fully saturated rings. The van der Waals surface area contributed by atoms with Crippen LogP contribution in [0.1, 0.15) is 34.3 Å². The predicted octanol–water partition coefficient (Wildman–Crippen LogP) is 4.06. The van der Waals surface area contributed by atoms with Crippen LogP contribution in [0, 0.1) is 12.7 Å². The minimum Gasteiger partial charge on any atom is -0.316 e. The molecule has 1 aliphatic heterocycles. The van der Waals surface area contributed by atoms with E-state index in [1.807, 2.05) is 23.5 Å². The van der Waals surface area contributed by atoms with Crippen LogP contribution in [-0.4, -0.2) is 13.1 Å². The van der Waals surface area contributed by atoms with Crippen LogP contribution in [0.4, 0.5) is 4.39 Å². The maximum Gasteiger partial charge on any atom is 0.126 e. The van der Waals surface area contributed by atoms with Gasteiger partial charge in [0.15, 0.2) is 0 Å². The molecule has 0 radical (unpaired) electrons. The topological polar surface area (TPSA) is 12.0 Å². The van der Waals surface area contributed by atoms with Crippen molar-refractivity contribution < 1.29 is 4.39 Å². The van der Waals surface area contributed by atoms with E-state index in [1.165, 1.54) is 10.4 Å². The van der Waals surface area contributed by atoms with Gasteiger partial charge in [0, 0.05) is 23.3 Å². The van der Waals surface area contributed by atoms with Gasteiger partial charge in [-0.1, -0.05) is 18.2 Å². The van der Waals surface area contributed by atoms with E-state index in [1.54, 1.807) is 12.1 Å². The molecule has 1 saturated heterocycles. The molecule has 1 N–H and O–H groups in total. The smallest absolute Gasteiger partial charge is 0.126 e. The SMILES string of the molecule is Cc1ccsc1C1CCNCC1c1ccccc1F. The minimum atomic E-state index is -0.0737. The number of benzene rings is 1. The summed E-state index contributed by atoms with van der Waals surface area (Å²) < 4.78 is 14.1. The molecule has 2 unspecified atom stereocenters. The first kappa shape index (κ1) is 12.8. The largest absolute Gasteiger partial charge is 0.316 e. The Balaban J connectivity index is 1.98. The summed E-state index contributed by atoms with van der Waals surface area (Å²) in [5.74, 6) is 0.612. The van der Waals surface area contributed by atoms with Crippen LogP contribution < -0.4 is 5.32 Å². The maximum absolute atomic E-state index is 14.1. The molecule has 1 aromatic heterocycles. The van der Waals surface area contributed by atoms with Gasteiger partial charge in [-0.3, -0.25) is 0 Å². The number of hydrogen-bond donors (Lipinski definition) is 1. The van der Waals surface area contributed by atoms with Gasteiger partial charge >= 0.3 is 0 Å². The molecule has 0 saturated carbocycles. The average Bonchev–Trinajstić information content (AvgIpc) is 2.86. The first-order valence-electron chi connectivity index (χ1n) is 6.76. The number of piperidine rings is 1. The van der Waals surface area contributed by atoms with Gasteiger partial charge in [-0.05, 0) is 48.5 Å². The van der Waals surface area contributed by atoms with Crippen LogP contribution in [-0.2, 0) is 0 Å². The van der Waals surface area contributed by atoms with Gasteiger partial charge in [0.1, 0.15) is 5.82 Å². The lowest BCUT2D eigenvalue weighted by Gasteiger charge is -2.32. The van der Waals surface area contributed by atoms with Crippen LogP contribution in [0.15, 0.2) is 35.7 Å². The summed E-state index contributed by atoms with van der Waals surface area (Å²) in [6.07, 6.45) is 1.08. The van der Waals surface area contributed by atoms with Gasteiger partial charge in [-0.15, -0.1) is 11.3 Å². The second kappa shape index (κ2) is 5.43. The van der Waals surface area contributed by atoms with Crippen LogP contribution in [0.5, 0.6) is 0 Å². The predicted molar refractivity (Wildman–Crippen MR) is 78.4 cm³/mol. The van der Waals surface area contributed by atoms with Gasteiger partial charge in [0.25, 0.3) is 0 Å². The molecule has 1 nitrogen and oxygen atoms in total. The third kappa shape index (κ3) is 2.45. The molecule has 1 aliphatic rings. The number of nitrogens with one attached hydrogen (secondary N) is 1. The average molecular weight is 275 g/mol. The summed E-state index contributed by atoms with van der Waals surface area (Å²) in [7, 11) is 0. The van der Waals surface area contributed by atoms with Crippen LogP contribution in [0.3, 0.4) is 0 Å². The van der Waals surface area contributed by atoms with Crippen molar-refractivity contribution in [2.75, 3.05) is 13.1 Å². The Kier molecular flexibility index (Phi) is 3.67. The van der Waals surface area contributed by atoms with E-state index in [4.69, 9.17) is 0 Å². The number of rotatable bonds is 2. The second-order valence-electron chi connectivity index (χ2n) is 5.20. The van der Waals surface area contributed by atoms with Crippen molar-refractivity contribution in [1.29, 1.82) is 0 Å². The Labute approximate surface area is 117 Å². The monoisotopic (exact) mass is 275 g/mol. The third-order valence-corrected chi connectivity index (χ3v) is 5.18. The zero-order valence-corrected chi connectivity index (χ0v) is 11.8. The molecule has 1 aromatic carbocycles. The molecule has 2 heterocycles. The molecule has 0 aliphatic carbocycles. The fraction of sp³-hybridized carbons (Fsp3) is 0.375. The highest BCUT2D eigenvalue weighted by molar-refractivity contribution is 7.10. The molecule has 2 atom stereocenters. The van der Waals surface area contributed by atoms with Crippen molar-refractivity contribution in [2.45, 2.75) is 25.2 Å². The summed E-state index contributed by atoms with van der Waals surface area (Å²) in [5, 5.41) is 5.55. The van der Waals surface area contributed by atoms with Gasteiger partial charge < -0.3 is 5.32 Å². The standard InChI is InChI=1S/C16H18FNS/c1-11-7-9-19-16(11)13-6-8-18-10-14(13)12-4-2-3-5-15(12)17/h2-5,7,9,13-14,18H,6,8,10H2,1H3. The van der Waals surface area contributed by atoms with Crippen molar-refractivity contribution >= 4 is 11.3 Å². The molecule has 0 spiro atoms. The van der Waals surface area contributed by atoms with E-state index in [0.717, 1.165) is 25.1 Å². The van der Waals surface area contributed by atoms with Crippen LogP contribution >= 0.6 is 11.3 Å². The highest BCUT2D eigenvalue weighted by Gasteiger charge is 2.30. The summed E-state index contributed by atoms with van der Waals surface area (Å²) in [4.78, 5) is 1.43. The van der Waals surface area contributed by atoms with E-state index in [0.29, 0.717) is 5.92 Å². The van der Waals surface area contributed by atoms with Gasteiger partial charge in [-0.2, -0.15) is 0 Å². The zero-order valence-electron chi connectivity index (χ0n) is 11.0. The summed E-state index contributed by atoms with van der Waals surface area (Å²) in [6.45, 7) is 4.04. The Bertz CT molecular complexity index is 563.